The predicted molar refractivity (Wildman–Crippen MR) is 122 cm³/mol. The summed E-state index contributed by atoms with van der Waals surface area (Å²) in [5.74, 6) is -3.12. The quantitative estimate of drug-likeness (QED) is 0.393. The van der Waals surface area contributed by atoms with Crippen LogP contribution in [0.15, 0.2) is 0 Å². The standard InChI is InChI=1S/C23H36N4O8/c1-23(26-19(29)15-6-4-7-15)14-35-11-3-2-10-34-13-16(21(31)32)25-20(30)17-8-5-9-27(17)18(28)12-24-22(23)33/h15-17H,2-14H2,1H3,(H,24,33)(H,25,30)(H,26,29)(H,31,32)/t16-,17-,23+/m0/s1. The van der Waals surface area contributed by atoms with E-state index in [-0.39, 0.29) is 38.2 Å². The largest absolute Gasteiger partial charge is 0.480 e. The van der Waals surface area contributed by atoms with Gasteiger partial charge >= 0.3 is 5.97 Å². The number of aliphatic carboxylic acids is 1. The zero-order valence-electron chi connectivity index (χ0n) is 20.2. The fraction of sp³-hybridized carbons (Fsp3) is 0.783. The first-order valence-electron chi connectivity index (χ1n) is 12.3. The zero-order chi connectivity index (χ0) is 25.4. The molecule has 0 radical (unpaired) electrons. The Kier molecular flexibility index (Phi) is 9.44. The Bertz CT molecular complexity index is 817. The molecule has 12 nitrogen and oxygen atoms in total. The Morgan fingerprint density at radius 1 is 1.06 bits per heavy atom. The van der Waals surface area contributed by atoms with Crippen molar-refractivity contribution >= 4 is 29.6 Å². The maximum absolute atomic E-state index is 13.1. The molecule has 1 saturated carbocycles. The third-order valence-electron chi connectivity index (χ3n) is 6.77. The van der Waals surface area contributed by atoms with Crippen LogP contribution in [0.3, 0.4) is 0 Å². The lowest BCUT2D eigenvalue weighted by atomic mass is 9.84. The van der Waals surface area contributed by atoms with Gasteiger partial charge in [0.05, 0.1) is 19.8 Å². The number of nitrogens with one attached hydrogen (secondary N) is 3. The highest BCUT2D eigenvalue weighted by Gasteiger charge is 2.40. The van der Waals surface area contributed by atoms with Crippen LogP contribution < -0.4 is 16.0 Å². The van der Waals surface area contributed by atoms with Crippen molar-refractivity contribution in [1.82, 2.24) is 20.9 Å². The van der Waals surface area contributed by atoms with Gasteiger partial charge in [-0.25, -0.2) is 4.79 Å². The molecule has 12 heteroatoms. The lowest BCUT2D eigenvalue weighted by Crippen LogP contribution is -2.62. The van der Waals surface area contributed by atoms with Crippen LogP contribution in [0.2, 0.25) is 0 Å². The van der Waals surface area contributed by atoms with E-state index in [1.165, 1.54) is 4.90 Å². The molecular weight excluding hydrogens is 460 g/mol. The molecule has 3 fully saturated rings. The highest BCUT2D eigenvalue weighted by atomic mass is 16.5. The molecule has 0 aromatic carbocycles. The summed E-state index contributed by atoms with van der Waals surface area (Å²) in [6.45, 7) is 1.85. The molecule has 3 rings (SSSR count). The summed E-state index contributed by atoms with van der Waals surface area (Å²) in [4.78, 5) is 64.2. The van der Waals surface area contributed by atoms with E-state index in [9.17, 15) is 29.1 Å². The average Bonchev–Trinajstić information content (AvgIpc) is 3.26. The molecule has 196 valence electrons. The van der Waals surface area contributed by atoms with Crippen molar-refractivity contribution < 1.29 is 38.6 Å². The van der Waals surface area contributed by atoms with E-state index in [2.05, 4.69) is 16.0 Å². The maximum Gasteiger partial charge on any atom is 0.328 e. The van der Waals surface area contributed by atoms with Gasteiger partial charge < -0.3 is 35.4 Å². The first-order valence-corrected chi connectivity index (χ1v) is 12.3. The van der Waals surface area contributed by atoms with Crippen LogP contribution in [0, 0.1) is 5.92 Å². The van der Waals surface area contributed by atoms with Gasteiger partial charge in [-0.2, -0.15) is 0 Å². The minimum Gasteiger partial charge on any atom is -0.480 e. The molecule has 2 aliphatic heterocycles. The van der Waals surface area contributed by atoms with E-state index in [1.54, 1.807) is 6.92 Å². The number of carboxylic acids is 1. The van der Waals surface area contributed by atoms with Gasteiger partial charge in [0.15, 0.2) is 6.04 Å². The van der Waals surface area contributed by atoms with Crippen LogP contribution in [-0.2, 0) is 33.4 Å². The molecule has 3 atom stereocenters. The Labute approximate surface area is 204 Å². The van der Waals surface area contributed by atoms with Gasteiger partial charge in [-0.05, 0) is 45.4 Å². The maximum atomic E-state index is 13.1. The molecule has 3 aliphatic rings. The van der Waals surface area contributed by atoms with Crippen molar-refractivity contribution in [3.63, 3.8) is 0 Å². The number of hydrogen-bond acceptors (Lipinski definition) is 7. The lowest BCUT2D eigenvalue weighted by Gasteiger charge is -2.33. The normalized spacial score (nSPS) is 30.2. The van der Waals surface area contributed by atoms with Gasteiger partial charge in [0, 0.05) is 25.7 Å². The molecule has 2 heterocycles. The molecule has 0 spiro atoms. The molecule has 0 aromatic heterocycles. The van der Waals surface area contributed by atoms with E-state index in [0.29, 0.717) is 38.8 Å². The predicted octanol–water partition coefficient (Wildman–Crippen LogP) is -0.835. The lowest BCUT2D eigenvalue weighted by molar-refractivity contribution is -0.145. The smallest absolute Gasteiger partial charge is 0.328 e. The summed E-state index contributed by atoms with van der Waals surface area (Å²) < 4.78 is 11.1. The Morgan fingerprint density at radius 2 is 1.77 bits per heavy atom. The van der Waals surface area contributed by atoms with Crippen LogP contribution in [0.4, 0.5) is 0 Å². The molecule has 4 amide bonds. The van der Waals surface area contributed by atoms with Crippen molar-refractivity contribution in [2.45, 2.75) is 69.5 Å². The summed E-state index contributed by atoms with van der Waals surface area (Å²) in [5.41, 5.74) is -1.36. The summed E-state index contributed by atoms with van der Waals surface area (Å²) in [6, 6.07) is -2.05. The van der Waals surface area contributed by atoms with E-state index in [4.69, 9.17) is 9.47 Å². The SMILES string of the molecule is C[C@@]1(NC(=O)C2CCC2)COCCCCOC[C@@H](C(=O)O)NC(=O)[C@@H]2CCCN2C(=O)CNC1=O. The Hall–Kier alpha value is -2.73. The number of hydrogen-bond donors (Lipinski definition) is 4. The molecule has 35 heavy (non-hydrogen) atoms. The summed E-state index contributed by atoms with van der Waals surface area (Å²) in [7, 11) is 0. The first kappa shape index (κ1) is 26.9. The minimum absolute atomic E-state index is 0.0673. The monoisotopic (exact) mass is 496 g/mol. The van der Waals surface area contributed by atoms with Crippen LogP contribution in [-0.4, -0.2) is 96.7 Å². The third-order valence-corrected chi connectivity index (χ3v) is 6.77. The Balaban J connectivity index is 1.70. The number of carboxylic acid groups (broad SMARTS) is 1. The number of rotatable bonds is 3. The topological polar surface area (TPSA) is 163 Å². The fourth-order valence-electron chi connectivity index (χ4n) is 4.32. The number of fused-ring (bicyclic) bond motifs is 1. The second kappa shape index (κ2) is 12.3. The van der Waals surface area contributed by atoms with Crippen molar-refractivity contribution in [3.8, 4) is 0 Å². The summed E-state index contributed by atoms with van der Waals surface area (Å²) in [6.07, 6.45) is 4.69. The van der Waals surface area contributed by atoms with Gasteiger partial charge in [-0.15, -0.1) is 0 Å². The molecule has 0 unspecified atom stereocenters. The second-order valence-electron chi connectivity index (χ2n) is 9.61. The van der Waals surface area contributed by atoms with Crippen LogP contribution in [0.1, 0.15) is 51.9 Å². The van der Waals surface area contributed by atoms with Gasteiger partial charge in [0.2, 0.25) is 23.6 Å². The van der Waals surface area contributed by atoms with Crippen LogP contribution in [0.5, 0.6) is 0 Å². The summed E-state index contributed by atoms with van der Waals surface area (Å²) >= 11 is 0. The van der Waals surface area contributed by atoms with Gasteiger partial charge in [-0.3, -0.25) is 19.2 Å². The van der Waals surface area contributed by atoms with Gasteiger partial charge in [0.1, 0.15) is 11.6 Å². The Morgan fingerprint density at radius 3 is 2.43 bits per heavy atom. The molecule has 1 aliphatic carbocycles. The van der Waals surface area contributed by atoms with E-state index < -0.39 is 41.3 Å². The van der Waals surface area contributed by atoms with E-state index in [0.717, 1.165) is 19.3 Å². The third kappa shape index (κ3) is 7.14. The number of carbonyl (C=O) groups is 5. The van der Waals surface area contributed by atoms with E-state index in [1.807, 2.05) is 0 Å². The van der Waals surface area contributed by atoms with E-state index >= 15 is 0 Å². The van der Waals surface area contributed by atoms with Crippen molar-refractivity contribution in [3.05, 3.63) is 0 Å². The fourth-order valence-corrected chi connectivity index (χ4v) is 4.32. The molecule has 0 bridgehead atoms. The van der Waals surface area contributed by atoms with Gasteiger partial charge in [0.25, 0.3) is 0 Å². The number of ether oxygens (including phenoxy) is 2. The molecule has 4 N–H and O–H groups in total. The highest BCUT2D eigenvalue weighted by Crippen LogP contribution is 2.27. The zero-order valence-corrected chi connectivity index (χ0v) is 20.2. The van der Waals surface area contributed by atoms with Crippen molar-refractivity contribution in [1.29, 1.82) is 0 Å². The van der Waals surface area contributed by atoms with Crippen LogP contribution >= 0.6 is 0 Å². The van der Waals surface area contributed by atoms with Crippen LogP contribution in [0.25, 0.3) is 0 Å². The second-order valence-corrected chi connectivity index (χ2v) is 9.61. The minimum atomic E-state index is -1.36. The number of carbonyl (C=O) groups excluding carboxylic acids is 4. The average molecular weight is 497 g/mol. The van der Waals surface area contributed by atoms with Crippen molar-refractivity contribution in [2.75, 3.05) is 39.5 Å². The molecule has 2 saturated heterocycles. The first-order chi connectivity index (χ1) is 16.7. The number of nitrogens with zero attached hydrogens (tertiary/aromatic N) is 1. The van der Waals surface area contributed by atoms with Gasteiger partial charge in [-0.1, -0.05) is 6.42 Å². The highest BCUT2D eigenvalue weighted by molar-refractivity contribution is 5.95. The molecule has 0 aromatic rings. The summed E-state index contributed by atoms with van der Waals surface area (Å²) in [5, 5.41) is 17.3. The molecular formula is C23H36N4O8. The van der Waals surface area contributed by atoms with Crippen molar-refractivity contribution in [2.24, 2.45) is 5.92 Å². The number of amides is 4.